The Morgan fingerprint density at radius 3 is 2.34 bits per heavy atom. The summed E-state index contributed by atoms with van der Waals surface area (Å²) in [5.74, 6) is 0.785. The molecule has 0 fully saturated rings. The molecule has 150 valence electrons. The molecule has 0 aliphatic rings. The predicted molar refractivity (Wildman–Crippen MR) is 113 cm³/mol. The molecule has 2 aromatic carbocycles. The molecule has 0 saturated heterocycles. The molecule has 0 spiro atoms. The van der Waals surface area contributed by atoms with E-state index in [9.17, 15) is 9.59 Å². The monoisotopic (exact) mass is 392 g/mol. The molecule has 0 saturated carbocycles. The summed E-state index contributed by atoms with van der Waals surface area (Å²) in [6, 6.07) is 16.2. The van der Waals surface area contributed by atoms with Crippen molar-refractivity contribution in [1.29, 1.82) is 0 Å². The van der Waals surface area contributed by atoms with Gasteiger partial charge >= 0.3 is 0 Å². The quantitative estimate of drug-likeness (QED) is 0.665. The third-order valence-corrected chi connectivity index (χ3v) is 4.69. The van der Waals surface area contributed by atoms with Crippen molar-refractivity contribution in [1.82, 2.24) is 4.57 Å². The number of rotatable bonds is 7. The van der Waals surface area contributed by atoms with Crippen molar-refractivity contribution in [2.45, 2.75) is 19.9 Å². The van der Waals surface area contributed by atoms with E-state index in [0.29, 0.717) is 29.3 Å². The Balaban J connectivity index is 1.81. The molecule has 0 bridgehead atoms. The number of amides is 1. The number of nitrogens with zero attached hydrogens (tertiary/aromatic N) is 1. The highest BCUT2D eigenvalue weighted by atomic mass is 16.5. The molecule has 6 heteroatoms. The summed E-state index contributed by atoms with van der Waals surface area (Å²) in [5.41, 5.74) is 2.98. The number of methoxy groups -OCH3 is 2. The number of hydrogen-bond acceptors (Lipinski definition) is 4. The van der Waals surface area contributed by atoms with E-state index in [4.69, 9.17) is 9.47 Å². The Bertz CT molecular complexity index is 1060. The number of carbonyl (C=O) groups is 1. The second-order valence-electron chi connectivity index (χ2n) is 6.57. The summed E-state index contributed by atoms with van der Waals surface area (Å²) in [5, 5.41) is 2.82. The minimum atomic E-state index is -0.330. The molecule has 0 atom stereocenters. The first kappa shape index (κ1) is 20.2. The molecule has 0 aliphatic heterocycles. The van der Waals surface area contributed by atoms with E-state index in [1.165, 1.54) is 29.4 Å². The fraction of sp³-hybridized carbons (Fsp3) is 0.217. The van der Waals surface area contributed by atoms with Crippen LogP contribution in [0.3, 0.4) is 0 Å². The lowest BCUT2D eigenvalue weighted by Gasteiger charge is -2.13. The van der Waals surface area contributed by atoms with Crippen LogP contribution in [0.1, 0.15) is 28.4 Å². The molecule has 1 N–H and O–H groups in total. The third kappa shape index (κ3) is 4.85. The van der Waals surface area contributed by atoms with E-state index in [0.717, 1.165) is 12.0 Å². The van der Waals surface area contributed by atoms with Crippen LogP contribution in [0.2, 0.25) is 0 Å². The maximum atomic E-state index is 12.7. The summed E-state index contributed by atoms with van der Waals surface area (Å²) in [4.78, 5) is 25.0. The summed E-state index contributed by atoms with van der Waals surface area (Å²) >= 11 is 0. The largest absolute Gasteiger partial charge is 0.497 e. The second kappa shape index (κ2) is 9.10. The van der Waals surface area contributed by atoms with Crippen LogP contribution in [-0.2, 0) is 13.0 Å². The van der Waals surface area contributed by atoms with Crippen molar-refractivity contribution < 1.29 is 14.3 Å². The summed E-state index contributed by atoms with van der Waals surface area (Å²) in [6.07, 6.45) is 2.53. The fourth-order valence-corrected chi connectivity index (χ4v) is 2.96. The normalized spacial score (nSPS) is 10.4. The van der Waals surface area contributed by atoms with Gasteiger partial charge in [0.15, 0.2) is 0 Å². The minimum Gasteiger partial charge on any atom is -0.497 e. The van der Waals surface area contributed by atoms with Gasteiger partial charge in [0.05, 0.1) is 32.0 Å². The van der Waals surface area contributed by atoms with Crippen molar-refractivity contribution in [3.8, 4) is 11.5 Å². The molecule has 0 unspecified atom stereocenters. The Labute approximate surface area is 169 Å². The highest BCUT2D eigenvalue weighted by Crippen LogP contribution is 2.29. The SMILES string of the molecule is CCc1ccc(Cn2cc(C(=O)Nc3ccc(OC)cc3OC)ccc2=O)cc1. The smallest absolute Gasteiger partial charge is 0.257 e. The number of aromatic nitrogens is 1. The van der Waals surface area contributed by atoms with E-state index in [-0.39, 0.29) is 11.5 Å². The average molecular weight is 392 g/mol. The van der Waals surface area contributed by atoms with Gasteiger partial charge in [0, 0.05) is 18.3 Å². The molecule has 1 aromatic heterocycles. The highest BCUT2D eigenvalue weighted by molar-refractivity contribution is 6.04. The van der Waals surface area contributed by atoms with Crippen LogP contribution in [0.15, 0.2) is 65.6 Å². The lowest BCUT2D eigenvalue weighted by Crippen LogP contribution is -2.22. The molecule has 1 amide bonds. The number of ether oxygens (including phenoxy) is 2. The Morgan fingerprint density at radius 1 is 0.966 bits per heavy atom. The average Bonchev–Trinajstić information content (AvgIpc) is 2.76. The topological polar surface area (TPSA) is 69.6 Å². The molecule has 6 nitrogen and oxygen atoms in total. The standard InChI is InChI=1S/C23H24N2O4/c1-4-16-5-7-17(8-6-16)14-25-15-18(9-12-22(25)26)23(27)24-20-11-10-19(28-2)13-21(20)29-3/h5-13,15H,4,14H2,1-3H3,(H,24,27). The molecule has 0 radical (unpaired) electrons. The molecule has 29 heavy (non-hydrogen) atoms. The summed E-state index contributed by atoms with van der Waals surface area (Å²) in [7, 11) is 3.08. The maximum Gasteiger partial charge on any atom is 0.257 e. The van der Waals surface area contributed by atoms with E-state index < -0.39 is 0 Å². The minimum absolute atomic E-state index is 0.164. The van der Waals surface area contributed by atoms with Crippen molar-refractivity contribution in [3.63, 3.8) is 0 Å². The van der Waals surface area contributed by atoms with Gasteiger partial charge in [-0.15, -0.1) is 0 Å². The van der Waals surface area contributed by atoms with E-state index in [1.807, 2.05) is 24.3 Å². The number of benzene rings is 2. The van der Waals surface area contributed by atoms with Gasteiger partial charge in [-0.1, -0.05) is 31.2 Å². The Hall–Kier alpha value is -3.54. The van der Waals surface area contributed by atoms with Crippen molar-refractivity contribution in [3.05, 3.63) is 87.8 Å². The first-order valence-corrected chi connectivity index (χ1v) is 9.35. The first-order valence-electron chi connectivity index (χ1n) is 9.35. The van der Waals surface area contributed by atoms with Crippen molar-refractivity contribution in [2.75, 3.05) is 19.5 Å². The van der Waals surface area contributed by atoms with Crippen LogP contribution in [-0.4, -0.2) is 24.7 Å². The molecular formula is C23H24N2O4. The zero-order valence-electron chi connectivity index (χ0n) is 16.8. The van der Waals surface area contributed by atoms with Gasteiger partial charge in [0.1, 0.15) is 11.5 Å². The second-order valence-corrected chi connectivity index (χ2v) is 6.57. The van der Waals surface area contributed by atoms with Gasteiger partial charge < -0.3 is 19.4 Å². The number of nitrogens with one attached hydrogen (secondary N) is 1. The third-order valence-electron chi connectivity index (χ3n) is 4.69. The zero-order valence-corrected chi connectivity index (χ0v) is 16.8. The molecular weight excluding hydrogens is 368 g/mol. The van der Waals surface area contributed by atoms with Crippen molar-refractivity contribution >= 4 is 11.6 Å². The van der Waals surface area contributed by atoms with Gasteiger partial charge in [0.25, 0.3) is 11.5 Å². The molecule has 1 heterocycles. The molecule has 3 aromatic rings. The van der Waals surface area contributed by atoms with Crippen LogP contribution < -0.4 is 20.3 Å². The van der Waals surface area contributed by atoms with E-state index in [2.05, 4.69) is 12.2 Å². The van der Waals surface area contributed by atoms with E-state index >= 15 is 0 Å². The number of anilines is 1. The van der Waals surface area contributed by atoms with E-state index in [1.54, 1.807) is 31.5 Å². The number of aryl methyl sites for hydroxylation is 1. The predicted octanol–water partition coefficient (Wildman–Crippen LogP) is 3.73. The Kier molecular flexibility index (Phi) is 6.34. The maximum absolute atomic E-state index is 12.7. The van der Waals surface area contributed by atoms with Gasteiger partial charge in [-0.2, -0.15) is 0 Å². The number of hydrogen-bond donors (Lipinski definition) is 1. The first-order chi connectivity index (χ1) is 14.0. The zero-order chi connectivity index (χ0) is 20.8. The van der Waals surface area contributed by atoms with Gasteiger partial charge in [-0.25, -0.2) is 0 Å². The van der Waals surface area contributed by atoms with Crippen molar-refractivity contribution in [2.24, 2.45) is 0 Å². The Morgan fingerprint density at radius 2 is 1.69 bits per heavy atom. The van der Waals surface area contributed by atoms with Crippen LogP contribution in [0.25, 0.3) is 0 Å². The van der Waals surface area contributed by atoms with Crippen LogP contribution in [0.5, 0.6) is 11.5 Å². The number of pyridine rings is 1. The van der Waals surface area contributed by atoms with Crippen LogP contribution in [0.4, 0.5) is 5.69 Å². The lowest BCUT2D eigenvalue weighted by molar-refractivity contribution is 0.102. The molecule has 3 rings (SSSR count). The highest BCUT2D eigenvalue weighted by Gasteiger charge is 2.12. The van der Waals surface area contributed by atoms with Gasteiger partial charge in [-0.05, 0) is 35.7 Å². The fourth-order valence-electron chi connectivity index (χ4n) is 2.96. The summed E-state index contributed by atoms with van der Waals surface area (Å²) < 4.78 is 12.0. The van der Waals surface area contributed by atoms with Crippen LogP contribution in [0, 0.1) is 0 Å². The lowest BCUT2D eigenvalue weighted by atomic mass is 10.1. The van der Waals surface area contributed by atoms with Gasteiger partial charge in [0.2, 0.25) is 0 Å². The summed E-state index contributed by atoms with van der Waals surface area (Å²) in [6.45, 7) is 2.50. The van der Waals surface area contributed by atoms with Gasteiger partial charge in [-0.3, -0.25) is 9.59 Å². The van der Waals surface area contributed by atoms with Crippen LogP contribution >= 0.6 is 0 Å². The molecule has 0 aliphatic carbocycles. The number of carbonyl (C=O) groups excluding carboxylic acids is 1.